The van der Waals surface area contributed by atoms with Crippen molar-refractivity contribution in [2.75, 3.05) is 0 Å². The van der Waals surface area contributed by atoms with Crippen molar-refractivity contribution in [3.63, 3.8) is 0 Å². The summed E-state index contributed by atoms with van der Waals surface area (Å²) in [7, 11) is 0. The number of rotatable bonds is 11. The number of unbranched alkanes of at least 4 members (excludes halogenated alkanes) is 4. The summed E-state index contributed by atoms with van der Waals surface area (Å²) in [6.07, 6.45) is 10.5. The van der Waals surface area contributed by atoms with E-state index >= 15 is 0 Å². The van der Waals surface area contributed by atoms with Gasteiger partial charge in [0.15, 0.2) is 0 Å². The van der Waals surface area contributed by atoms with Gasteiger partial charge in [-0.3, -0.25) is 0 Å². The molecule has 0 heterocycles. The van der Waals surface area contributed by atoms with Crippen LogP contribution in [0.1, 0.15) is 94.8 Å². The van der Waals surface area contributed by atoms with E-state index in [2.05, 4.69) is 26.0 Å². The number of alkyl halides is 1. The number of aliphatic hydroxyl groups excluding tert-OH is 2. The molecule has 1 fully saturated rings. The lowest BCUT2D eigenvalue weighted by atomic mass is 9.84. The maximum Gasteiger partial charge on any atom is 0.106 e. The minimum Gasteiger partial charge on any atom is -0.392 e. The molecule has 1 aromatic carbocycles. The summed E-state index contributed by atoms with van der Waals surface area (Å²) in [5, 5.41) is 20.8. The van der Waals surface area contributed by atoms with Crippen LogP contribution in [0.3, 0.4) is 0 Å². The molecular formula is C24H37FO2. The monoisotopic (exact) mass is 376 g/mol. The van der Waals surface area contributed by atoms with Gasteiger partial charge in [-0.05, 0) is 30.4 Å². The lowest BCUT2D eigenvalue weighted by Gasteiger charge is -2.23. The third-order valence-corrected chi connectivity index (χ3v) is 5.89. The SMILES string of the molecule is CCCC/C=C\CC1[C@H](F)C[C@@H](O)[C@@H]1c1ccc(C(O)CCCCC)cc1. The van der Waals surface area contributed by atoms with E-state index < -0.39 is 18.4 Å². The molecule has 27 heavy (non-hydrogen) atoms. The lowest BCUT2D eigenvalue weighted by Crippen LogP contribution is -2.18. The molecular weight excluding hydrogens is 339 g/mol. The van der Waals surface area contributed by atoms with E-state index in [0.29, 0.717) is 6.42 Å². The first-order valence-electron chi connectivity index (χ1n) is 10.8. The van der Waals surface area contributed by atoms with Gasteiger partial charge >= 0.3 is 0 Å². The highest BCUT2D eigenvalue weighted by molar-refractivity contribution is 5.29. The molecule has 0 amide bonds. The Balaban J connectivity index is 2.01. The number of hydrogen-bond acceptors (Lipinski definition) is 2. The summed E-state index contributed by atoms with van der Waals surface area (Å²) in [4.78, 5) is 0. The molecule has 1 aliphatic rings. The van der Waals surface area contributed by atoms with Crippen LogP contribution in [0.25, 0.3) is 0 Å². The summed E-state index contributed by atoms with van der Waals surface area (Å²) < 4.78 is 14.5. The third kappa shape index (κ3) is 6.43. The van der Waals surface area contributed by atoms with Crippen LogP contribution >= 0.6 is 0 Å². The van der Waals surface area contributed by atoms with Gasteiger partial charge in [-0.2, -0.15) is 0 Å². The second-order valence-corrected chi connectivity index (χ2v) is 8.04. The van der Waals surface area contributed by atoms with Crippen LogP contribution in [-0.4, -0.2) is 22.5 Å². The zero-order valence-electron chi connectivity index (χ0n) is 17.0. The van der Waals surface area contributed by atoms with Crippen LogP contribution < -0.4 is 0 Å². The Hall–Kier alpha value is -1.19. The predicted molar refractivity (Wildman–Crippen MR) is 111 cm³/mol. The summed E-state index contributed by atoms with van der Waals surface area (Å²) >= 11 is 0. The Kier molecular flexibility index (Phi) is 9.50. The van der Waals surface area contributed by atoms with E-state index in [9.17, 15) is 14.6 Å². The maximum absolute atomic E-state index is 14.5. The zero-order chi connectivity index (χ0) is 19.6. The molecule has 0 aliphatic heterocycles. The molecule has 1 aliphatic carbocycles. The lowest BCUT2D eigenvalue weighted by molar-refractivity contribution is 0.153. The molecule has 2 unspecified atom stereocenters. The van der Waals surface area contributed by atoms with Crippen molar-refractivity contribution in [3.8, 4) is 0 Å². The molecule has 5 atom stereocenters. The molecule has 3 heteroatoms. The topological polar surface area (TPSA) is 40.5 Å². The Bertz CT molecular complexity index is 554. The molecule has 2 N–H and O–H groups in total. The van der Waals surface area contributed by atoms with Gasteiger partial charge in [-0.25, -0.2) is 4.39 Å². The second-order valence-electron chi connectivity index (χ2n) is 8.04. The highest BCUT2D eigenvalue weighted by atomic mass is 19.1. The first-order chi connectivity index (χ1) is 13.1. The van der Waals surface area contributed by atoms with Crippen molar-refractivity contribution in [2.45, 2.75) is 95.9 Å². The number of hydrogen-bond donors (Lipinski definition) is 2. The van der Waals surface area contributed by atoms with Crippen LogP contribution in [0.4, 0.5) is 4.39 Å². The smallest absolute Gasteiger partial charge is 0.106 e. The molecule has 0 saturated heterocycles. The Morgan fingerprint density at radius 3 is 2.44 bits per heavy atom. The summed E-state index contributed by atoms with van der Waals surface area (Å²) in [5.41, 5.74) is 1.90. The number of halogens is 1. The Labute approximate surface area is 164 Å². The predicted octanol–water partition coefficient (Wildman–Crippen LogP) is 6.24. The Morgan fingerprint density at radius 2 is 1.78 bits per heavy atom. The normalized spacial score (nSPS) is 26.7. The van der Waals surface area contributed by atoms with Gasteiger partial charge in [0.2, 0.25) is 0 Å². The van der Waals surface area contributed by atoms with E-state index in [1.807, 2.05) is 24.3 Å². The van der Waals surface area contributed by atoms with Crippen molar-refractivity contribution < 1.29 is 14.6 Å². The second kappa shape index (κ2) is 11.6. The van der Waals surface area contributed by atoms with Gasteiger partial charge in [0.25, 0.3) is 0 Å². The summed E-state index contributed by atoms with van der Waals surface area (Å²) in [6, 6.07) is 7.83. The Morgan fingerprint density at radius 1 is 1.07 bits per heavy atom. The third-order valence-electron chi connectivity index (χ3n) is 5.89. The first kappa shape index (κ1) is 22.1. The molecule has 0 radical (unpaired) electrons. The van der Waals surface area contributed by atoms with Gasteiger partial charge in [-0.15, -0.1) is 0 Å². The van der Waals surface area contributed by atoms with Crippen molar-refractivity contribution in [2.24, 2.45) is 5.92 Å². The van der Waals surface area contributed by atoms with Crippen molar-refractivity contribution in [3.05, 3.63) is 47.5 Å². The van der Waals surface area contributed by atoms with Crippen LogP contribution in [-0.2, 0) is 0 Å². The quantitative estimate of drug-likeness (QED) is 0.354. The zero-order valence-corrected chi connectivity index (χ0v) is 17.0. The van der Waals surface area contributed by atoms with Gasteiger partial charge in [0, 0.05) is 18.3 Å². The van der Waals surface area contributed by atoms with Crippen molar-refractivity contribution in [1.82, 2.24) is 0 Å². The van der Waals surface area contributed by atoms with E-state index in [1.54, 1.807) is 0 Å². The average Bonchev–Trinajstić information content (AvgIpc) is 2.95. The molecule has 2 rings (SSSR count). The number of aliphatic hydroxyl groups is 2. The molecule has 0 bridgehead atoms. The maximum atomic E-state index is 14.5. The highest BCUT2D eigenvalue weighted by Crippen LogP contribution is 2.44. The van der Waals surface area contributed by atoms with E-state index in [4.69, 9.17) is 0 Å². The summed E-state index contributed by atoms with van der Waals surface area (Å²) in [5.74, 6) is -0.333. The first-order valence-corrected chi connectivity index (χ1v) is 10.8. The van der Waals surface area contributed by atoms with Gasteiger partial charge in [0.1, 0.15) is 6.17 Å². The molecule has 1 saturated carbocycles. The minimum absolute atomic E-state index is 0.165. The fourth-order valence-electron chi connectivity index (χ4n) is 4.21. The van der Waals surface area contributed by atoms with Crippen LogP contribution in [0.5, 0.6) is 0 Å². The standard InChI is InChI=1S/C24H37FO2/c1-3-5-7-8-10-11-20-21(25)17-23(27)24(20)19-15-13-18(14-16-19)22(26)12-9-6-4-2/h8,10,13-16,20-24,26-27H,3-7,9,11-12,17H2,1-2H3/b10-8-/t20?,21-,22?,23-,24-/m1/s1. The molecule has 0 spiro atoms. The van der Waals surface area contributed by atoms with Crippen LogP contribution in [0.2, 0.25) is 0 Å². The van der Waals surface area contributed by atoms with Crippen LogP contribution in [0, 0.1) is 5.92 Å². The highest BCUT2D eigenvalue weighted by Gasteiger charge is 2.42. The van der Waals surface area contributed by atoms with Gasteiger partial charge in [0.05, 0.1) is 12.2 Å². The van der Waals surface area contributed by atoms with Gasteiger partial charge in [-0.1, -0.05) is 82.4 Å². The molecule has 152 valence electrons. The fourth-order valence-corrected chi connectivity index (χ4v) is 4.21. The molecule has 1 aromatic rings. The fraction of sp³-hybridized carbons (Fsp3) is 0.667. The molecule has 0 aromatic heterocycles. The molecule has 2 nitrogen and oxygen atoms in total. The van der Waals surface area contributed by atoms with E-state index in [0.717, 1.165) is 56.1 Å². The number of benzene rings is 1. The largest absolute Gasteiger partial charge is 0.392 e. The number of allylic oxidation sites excluding steroid dienone is 2. The van der Waals surface area contributed by atoms with E-state index in [-0.39, 0.29) is 18.3 Å². The van der Waals surface area contributed by atoms with Crippen LogP contribution in [0.15, 0.2) is 36.4 Å². The minimum atomic E-state index is -0.958. The van der Waals surface area contributed by atoms with Crippen molar-refractivity contribution >= 4 is 0 Å². The van der Waals surface area contributed by atoms with Crippen molar-refractivity contribution in [1.29, 1.82) is 0 Å². The van der Waals surface area contributed by atoms with Gasteiger partial charge < -0.3 is 10.2 Å². The van der Waals surface area contributed by atoms with E-state index in [1.165, 1.54) is 0 Å². The summed E-state index contributed by atoms with van der Waals surface area (Å²) in [6.45, 7) is 4.32. The average molecular weight is 377 g/mol.